The van der Waals surface area contributed by atoms with E-state index in [1.54, 1.807) is 12.1 Å². The Labute approximate surface area is 111 Å². The Hall–Kier alpha value is -1.55. The van der Waals surface area contributed by atoms with Crippen molar-refractivity contribution in [1.82, 2.24) is 4.90 Å². The van der Waals surface area contributed by atoms with Crippen molar-refractivity contribution in [2.24, 2.45) is 0 Å². The Morgan fingerprint density at radius 3 is 2.28 bits per heavy atom. The molecule has 1 rings (SSSR count). The first-order chi connectivity index (χ1) is 8.45. The van der Waals surface area contributed by atoms with Gasteiger partial charge >= 0.3 is 6.09 Å². The van der Waals surface area contributed by atoms with Gasteiger partial charge in [0.25, 0.3) is 0 Å². The molecule has 5 heteroatoms. The molecular weight excluding hydrogens is 254 g/mol. The van der Waals surface area contributed by atoms with Crippen molar-refractivity contribution >= 4 is 23.6 Å². The Morgan fingerprint density at radius 2 is 1.83 bits per heavy atom. The van der Waals surface area contributed by atoms with Crippen molar-refractivity contribution in [2.45, 2.75) is 19.8 Å². The third-order valence-corrected chi connectivity index (χ3v) is 2.74. The molecule has 0 N–H and O–H groups in total. The van der Waals surface area contributed by atoms with Crippen LogP contribution in [-0.4, -0.2) is 29.8 Å². The zero-order chi connectivity index (χ0) is 13.7. The highest BCUT2D eigenvalue weighted by atomic mass is 35.5. The zero-order valence-electron chi connectivity index (χ0n) is 10.6. The van der Waals surface area contributed by atoms with Crippen molar-refractivity contribution in [1.29, 1.82) is 0 Å². The fourth-order valence-electron chi connectivity index (χ4n) is 1.28. The molecule has 4 nitrogen and oxygen atoms in total. The highest BCUT2D eigenvalue weighted by Crippen LogP contribution is 2.19. The standard InChI is InChI=1S/C13H16ClNO3/c1-9(2)10-4-6-11(7-5-10)18-13(17)15(3)12(16)8-14/h4-7,9H,8H2,1-3H3. The maximum atomic E-state index is 11.6. The van der Waals surface area contributed by atoms with Gasteiger partial charge in [0.2, 0.25) is 5.91 Å². The number of hydrogen-bond acceptors (Lipinski definition) is 3. The molecule has 0 bridgehead atoms. The Kier molecular flexibility index (Phi) is 5.16. The van der Waals surface area contributed by atoms with Gasteiger partial charge in [0.05, 0.1) is 0 Å². The fourth-order valence-corrected chi connectivity index (χ4v) is 1.46. The molecule has 0 aliphatic rings. The number of halogens is 1. The summed E-state index contributed by atoms with van der Waals surface area (Å²) < 4.78 is 5.04. The first kappa shape index (κ1) is 14.5. The van der Waals surface area contributed by atoms with Gasteiger partial charge in [-0.1, -0.05) is 26.0 Å². The maximum absolute atomic E-state index is 11.6. The highest BCUT2D eigenvalue weighted by Gasteiger charge is 2.17. The predicted octanol–water partition coefficient (Wildman–Crippen LogP) is 3.01. The van der Waals surface area contributed by atoms with E-state index < -0.39 is 12.0 Å². The number of benzene rings is 1. The predicted molar refractivity (Wildman–Crippen MR) is 70.0 cm³/mol. The number of alkyl halides is 1. The van der Waals surface area contributed by atoms with Crippen LogP contribution in [0.3, 0.4) is 0 Å². The molecule has 0 fully saturated rings. The van der Waals surface area contributed by atoms with E-state index in [0.717, 1.165) is 10.5 Å². The number of nitrogens with zero attached hydrogens (tertiary/aromatic N) is 1. The van der Waals surface area contributed by atoms with Crippen LogP contribution in [0.5, 0.6) is 5.75 Å². The van der Waals surface area contributed by atoms with Gasteiger partial charge in [0.15, 0.2) is 0 Å². The van der Waals surface area contributed by atoms with Crippen LogP contribution in [-0.2, 0) is 4.79 Å². The lowest BCUT2D eigenvalue weighted by atomic mass is 10.0. The van der Waals surface area contributed by atoms with Crippen LogP contribution < -0.4 is 4.74 Å². The van der Waals surface area contributed by atoms with Gasteiger partial charge in [0.1, 0.15) is 11.6 Å². The average molecular weight is 270 g/mol. The quantitative estimate of drug-likeness (QED) is 0.793. The summed E-state index contributed by atoms with van der Waals surface area (Å²) in [5.41, 5.74) is 1.15. The Bertz CT molecular complexity index is 428. The Balaban J connectivity index is 2.67. The molecule has 1 aromatic rings. The Morgan fingerprint density at radius 1 is 1.28 bits per heavy atom. The molecule has 0 atom stereocenters. The van der Waals surface area contributed by atoms with Gasteiger partial charge in [-0.3, -0.25) is 4.79 Å². The van der Waals surface area contributed by atoms with E-state index in [-0.39, 0.29) is 5.88 Å². The fraction of sp³-hybridized carbons (Fsp3) is 0.385. The second kappa shape index (κ2) is 6.40. The molecule has 0 aromatic heterocycles. The SMILES string of the molecule is CC(C)c1ccc(OC(=O)N(C)C(=O)CCl)cc1. The number of carbonyl (C=O) groups is 2. The van der Waals surface area contributed by atoms with Crippen LogP contribution in [0, 0.1) is 0 Å². The third-order valence-electron chi connectivity index (χ3n) is 2.51. The molecule has 0 saturated heterocycles. The summed E-state index contributed by atoms with van der Waals surface area (Å²) in [6, 6.07) is 7.17. The number of amides is 2. The lowest BCUT2D eigenvalue weighted by Gasteiger charge is -2.14. The minimum Gasteiger partial charge on any atom is -0.410 e. The van der Waals surface area contributed by atoms with Gasteiger partial charge in [-0.25, -0.2) is 9.69 Å². The molecule has 0 radical (unpaired) electrons. The maximum Gasteiger partial charge on any atom is 0.421 e. The molecule has 0 aliphatic carbocycles. The van der Waals surface area contributed by atoms with Crippen LogP contribution in [0.15, 0.2) is 24.3 Å². The van der Waals surface area contributed by atoms with E-state index in [2.05, 4.69) is 13.8 Å². The summed E-state index contributed by atoms with van der Waals surface area (Å²) in [7, 11) is 1.33. The number of rotatable bonds is 3. The normalized spacial score (nSPS) is 10.3. The van der Waals surface area contributed by atoms with Gasteiger partial charge in [-0.05, 0) is 23.6 Å². The summed E-state index contributed by atoms with van der Waals surface area (Å²) in [6.07, 6.45) is -0.738. The van der Waals surface area contributed by atoms with E-state index in [4.69, 9.17) is 16.3 Å². The van der Waals surface area contributed by atoms with Crippen molar-refractivity contribution in [3.05, 3.63) is 29.8 Å². The second-order valence-corrected chi connectivity index (χ2v) is 4.45. The van der Waals surface area contributed by atoms with Crippen molar-refractivity contribution < 1.29 is 14.3 Å². The van der Waals surface area contributed by atoms with E-state index >= 15 is 0 Å². The van der Waals surface area contributed by atoms with Crippen LogP contribution in [0.4, 0.5) is 4.79 Å². The largest absolute Gasteiger partial charge is 0.421 e. The molecule has 0 saturated carbocycles. The topological polar surface area (TPSA) is 46.6 Å². The first-order valence-electron chi connectivity index (χ1n) is 5.60. The molecule has 0 aliphatic heterocycles. The third kappa shape index (κ3) is 3.74. The van der Waals surface area contributed by atoms with Crippen LogP contribution >= 0.6 is 11.6 Å². The minimum absolute atomic E-state index is 0.252. The minimum atomic E-state index is -0.738. The number of imide groups is 1. The average Bonchev–Trinajstić information content (AvgIpc) is 2.37. The van der Waals surface area contributed by atoms with Crippen LogP contribution in [0.25, 0.3) is 0 Å². The van der Waals surface area contributed by atoms with Gasteiger partial charge in [-0.2, -0.15) is 0 Å². The van der Waals surface area contributed by atoms with E-state index in [0.29, 0.717) is 11.7 Å². The monoisotopic (exact) mass is 269 g/mol. The van der Waals surface area contributed by atoms with Crippen molar-refractivity contribution in [3.63, 3.8) is 0 Å². The molecular formula is C13H16ClNO3. The van der Waals surface area contributed by atoms with Crippen LogP contribution in [0.2, 0.25) is 0 Å². The van der Waals surface area contributed by atoms with Crippen molar-refractivity contribution in [3.8, 4) is 5.75 Å². The van der Waals surface area contributed by atoms with E-state index in [1.807, 2.05) is 12.1 Å². The first-order valence-corrected chi connectivity index (χ1v) is 6.13. The lowest BCUT2D eigenvalue weighted by molar-refractivity contribution is -0.125. The van der Waals surface area contributed by atoms with Crippen molar-refractivity contribution in [2.75, 3.05) is 12.9 Å². The molecule has 2 amide bonds. The smallest absolute Gasteiger partial charge is 0.410 e. The van der Waals surface area contributed by atoms with E-state index in [9.17, 15) is 9.59 Å². The van der Waals surface area contributed by atoms with Gasteiger partial charge in [-0.15, -0.1) is 11.6 Å². The molecule has 1 aromatic carbocycles. The van der Waals surface area contributed by atoms with Crippen LogP contribution in [0.1, 0.15) is 25.3 Å². The number of ether oxygens (including phenoxy) is 1. The molecule has 0 heterocycles. The van der Waals surface area contributed by atoms with E-state index in [1.165, 1.54) is 7.05 Å². The molecule has 18 heavy (non-hydrogen) atoms. The summed E-state index contributed by atoms with van der Waals surface area (Å²) >= 11 is 5.35. The molecule has 0 unspecified atom stereocenters. The summed E-state index contributed by atoms with van der Waals surface area (Å²) in [4.78, 5) is 23.6. The summed E-state index contributed by atoms with van der Waals surface area (Å²) in [5.74, 6) is 0.0621. The lowest BCUT2D eigenvalue weighted by Crippen LogP contribution is -2.36. The number of hydrogen-bond donors (Lipinski definition) is 0. The van der Waals surface area contributed by atoms with Gasteiger partial charge < -0.3 is 4.74 Å². The summed E-state index contributed by atoms with van der Waals surface area (Å²) in [5, 5.41) is 0. The molecule has 98 valence electrons. The molecule has 0 spiro atoms. The second-order valence-electron chi connectivity index (χ2n) is 4.18. The number of carbonyl (C=O) groups excluding carboxylic acids is 2. The van der Waals surface area contributed by atoms with Gasteiger partial charge in [0, 0.05) is 7.05 Å². The summed E-state index contributed by atoms with van der Waals surface area (Å²) in [6.45, 7) is 4.15. The zero-order valence-corrected chi connectivity index (χ0v) is 11.4. The highest BCUT2D eigenvalue weighted by molar-refractivity contribution is 6.28.